The molecule has 0 N–H and O–H groups in total. The lowest BCUT2D eigenvalue weighted by atomic mass is 10.0. The van der Waals surface area contributed by atoms with Gasteiger partial charge in [0.2, 0.25) is 11.9 Å². The first kappa shape index (κ1) is 56.7. The third-order valence-corrected chi connectivity index (χ3v) is 19.8. The van der Waals surface area contributed by atoms with E-state index in [1.807, 2.05) is 24.3 Å². The monoisotopic (exact) mass is 1280 g/mol. The first-order chi connectivity index (χ1) is 49.6. The highest BCUT2D eigenvalue weighted by Crippen LogP contribution is 2.43. The average Bonchev–Trinajstić information content (AvgIpc) is 1.59. The fourth-order valence-electron chi connectivity index (χ4n) is 15.3. The number of rotatable bonds is 8. The second-order valence-corrected chi connectivity index (χ2v) is 25.6. The topological polar surface area (TPSA) is 84.2 Å². The SMILES string of the molecule is c1ccc(-c2cccc(-c3nc(-c4ccccc4)nc(-n4c5ccccc5c5cc6c7ccccc7n(-c7ccccc7)c6cc54)n3)c2)cc1.c1ccc2cc(-c3nc(-n4c5ccc(-n6c7ccccc7c7ccccc76)cc5c5cc6ccccc6cc54)nc4ccccc34)ccc2c1. The standard InChI is InChI=1S/C46H28N4.C45H29N5/c1-2-12-30-25-33(22-21-29(30)11-1)45-37-17-5-8-18-40(37)47-46(48-45)50-43-24-23-34(28-39(43)38-26-31-13-3-4-14-32(31)27-44(38)50)49-41-19-9-6-15-35(41)36-16-7-10-20-42(36)49;1-4-15-30(16-5-1)32-19-14-20-33(27-32)44-46-43(31-17-6-2-7-18-31)47-45(48-44)50-40-26-13-11-24-36(40)38-28-37-35-23-10-12-25-39(35)49(41(37)29-42(38)50)34-21-8-3-9-22-34/h1-28H;1-29H. The third kappa shape index (κ3) is 9.28. The molecule has 0 aliphatic rings. The van der Waals surface area contributed by atoms with E-state index in [9.17, 15) is 0 Å². The van der Waals surface area contributed by atoms with E-state index >= 15 is 0 Å². The van der Waals surface area contributed by atoms with Crippen LogP contribution in [0.25, 0.3) is 188 Å². The van der Waals surface area contributed by atoms with Gasteiger partial charge in [-0.1, -0.05) is 249 Å². The minimum absolute atomic E-state index is 0.576. The van der Waals surface area contributed by atoms with E-state index in [1.165, 1.54) is 65.0 Å². The van der Waals surface area contributed by atoms with Crippen molar-refractivity contribution < 1.29 is 0 Å². The first-order valence-electron chi connectivity index (χ1n) is 33.8. The second-order valence-electron chi connectivity index (χ2n) is 25.6. The fourth-order valence-corrected chi connectivity index (χ4v) is 15.3. The summed E-state index contributed by atoms with van der Waals surface area (Å²) in [5.41, 5.74) is 18.2. The molecule has 0 aliphatic heterocycles. The quantitative estimate of drug-likeness (QED) is 0.151. The van der Waals surface area contributed by atoms with Crippen molar-refractivity contribution in [1.29, 1.82) is 0 Å². The fraction of sp³-hybridized carbons (Fsp3) is 0. The van der Waals surface area contributed by atoms with E-state index in [1.54, 1.807) is 0 Å². The molecule has 466 valence electrons. The van der Waals surface area contributed by atoms with Gasteiger partial charge in [-0.2, -0.15) is 9.97 Å². The van der Waals surface area contributed by atoms with Crippen LogP contribution in [0.4, 0.5) is 0 Å². The number of para-hydroxylation sites is 6. The summed E-state index contributed by atoms with van der Waals surface area (Å²) in [4.78, 5) is 26.2. The van der Waals surface area contributed by atoms with Gasteiger partial charge in [-0.25, -0.2) is 15.0 Å². The maximum Gasteiger partial charge on any atom is 0.238 e. The van der Waals surface area contributed by atoms with Crippen LogP contribution in [-0.2, 0) is 0 Å². The van der Waals surface area contributed by atoms with E-state index in [-0.39, 0.29) is 0 Å². The minimum Gasteiger partial charge on any atom is -0.309 e. The van der Waals surface area contributed by atoms with Crippen molar-refractivity contribution in [2.24, 2.45) is 0 Å². The van der Waals surface area contributed by atoms with Crippen molar-refractivity contribution in [3.05, 3.63) is 346 Å². The van der Waals surface area contributed by atoms with Gasteiger partial charge in [0, 0.05) is 76.5 Å². The van der Waals surface area contributed by atoms with E-state index in [2.05, 4.69) is 340 Å². The molecular weight excluding hydrogens is 1220 g/mol. The number of fused-ring (bicyclic) bond motifs is 15. The number of hydrogen-bond donors (Lipinski definition) is 0. The lowest BCUT2D eigenvalue weighted by molar-refractivity contribution is 0.953. The maximum absolute atomic E-state index is 5.40. The van der Waals surface area contributed by atoms with Crippen LogP contribution in [0.2, 0.25) is 0 Å². The van der Waals surface area contributed by atoms with E-state index in [4.69, 9.17) is 24.9 Å². The molecule has 0 unspecified atom stereocenters. The Bertz CT molecular complexity index is 6790. The van der Waals surface area contributed by atoms with Crippen LogP contribution in [-0.4, -0.2) is 43.2 Å². The Kier molecular flexibility index (Phi) is 13.1. The highest BCUT2D eigenvalue weighted by atomic mass is 15.2. The van der Waals surface area contributed by atoms with Gasteiger partial charge in [0.25, 0.3) is 0 Å². The van der Waals surface area contributed by atoms with Crippen LogP contribution in [0.15, 0.2) is 346 Å². The summed E-state index contributed by atoms with van der Waals surface area (Å²) in [5.74, 6) is 2.48. The number of hydrogen-bond acceptors (Lipinski definition) is 5. The molecule has 0 amide bonds. The molecule has 0 saturated carbocycles. The summed E-state index contributed by atoms with van der Waals surface area (Å²) in [7, 11) is 0. The molecule has 21 rings (SSSR count). The van der Waals surface area contributed by atoms with Crippen molar-refractivity contribution in [2.45, 2.75) is 0 Å². The first-order valence-corrected chi connectivity index (χ1v) is 33.8. The van der Waals surface area contributed by atoms with E-state index < -0.39 is 0 Å². The Morgan fingerprint density at radius 2 is 0.620 bits per heavy atom. The predicted octanol–water partition coefficient (Wildman–Crippen LogP) is 22.9. The van der Waals surface area contributed by atoms with Gasteiger partial charge in [-0.15, -0.1) is 0 Å². The van der Waals surface area contributed by atoms with Gasteiger partial charge in [0.15, 0.2) is 11.6 Å². The number of benzene rings is 15. The molecule has 0 atom stereocenters. The molecule has 9 heteroatoms. The zero-order valence-corrected chi connectivity index (χ0v) is 53.9. The molecule has 0 aliphatic carbocycles. The van der Waals surface area contributed by atoms with Crippen LogP contribution < -0.4 is 0 Å². The van der Waals surface area contributed by atoms with E-state index in [0.29, 0.717) is 23.5 Å². The zero-order valence-electron chi connectivity index (χ0n) is 53.9. The van der Waals surface area contributed by atoms with E-state index in [0.717, 1.165) is 99.5 Å². The highest BCUT2D eigenvalue weighted by molar-refractivity contribution is 6.20. The lowest BCUT2D eigenvalue weighted by Crippen LogP contribution is -2.06. The van der Waals surface area contributed by atoms with Gasteiger partial charge in [0.1, 0.15) is 0 Å². The molecule has 0 radical (unpaired) electrons. The van der Waals surface area contributed by atoms with Gasteiger partial charge >= 0.3 is 0 Å². The van der Waals surface area contributed by atoms with Crippen molar-refractivity contribution in [1.82, 2.24) is 43.2 Å². The van der Waals surface area contributed by atoms with Crippen molar-refractivity contribution >= 4 is 120 Å². The van der Waals surface area contributed by atoms with Crippen LogP contribution in [0.3, 0.4) is 0 Å². The van der Waals surface area contributed by atoms with Crippen LogP contribution in [0.1, 0.15) is 0 Å². The lowest BCUT2D eigenvalue weighted by Gasteiger charge is -2.13. The van der Waals surface area contributed by atoms with Crippen molar-refractivity contribution in [2.75, 3.05) is 0 Å². The number of aromatic nitrogens is 9. The molecule has 0 bridgehead atoms. The van der Waals surface area contributed by atoms with Crippen LogP contribution in [0, 0.1) is 0 Å². The second kappa shape index (κ2) is 23.0. The molecule has 0 saturated heterocycles. The molecule has 0 spiro atoms. The molecule has 100 heavy (non-hydrogen) atoms. The van der Waals surface area contributed by atoms with Gasteiger partial charge in [0.05, 0.1) is 55.3 Å². The normalized spacial score (nSPS) is 11.8. The molecule has 6 heterocycles. The van der Waals surface area contributed by atoms with Crippen molar-refractivity contribution in [3.63, 3.8) is 0 Å². The van der Waals surface area contributed by atoms with Gasteiger partial charge < -0.3 is 9.13 Å². The molecule has 0 fully saturated rings. The number of nitrogens with zero attached hydrogens (tertiary/aromatic N) is 9. The Balaban J connectivity index is 0.000000135. The molecule has 6 aromatic heterocycles. The largest absolute Gasteiger partial charge is 0.309 e. The molecule has 15 aromatic carbocycles. The zero-order chi connectivity index (χ0) is 65.8. The summed E-state index contributed by atoms with van der Waals surface area (Å²) in [6, 6.07) is 122. The van der Waals surface area contributed by atoms with Crippen molar-refractivity contribution in [3.8, 4) is 68.4 Å². The van der Waals surface area contributed by atoms with Gasteiger partial charge in [-0.3, -0.25) is 9.13 Å². The summed E-state index contributed by atoms with van der Waals surface area (Å²) < 4.78 is 9.20. The Morgan fingerprint density at radius 3 is 1.28 bits per heavy atom. The van der Waals surface area contributed by atoms with Gasteiger partial charge in [-0.05, 0) is 130 Å². The molecule has 9 nitrogen and oxygen atoms in total. The maximum atomic E-state index is 5.40. The summed E-state index contributed by atoms with van der Waals surface area (Å²) >= 11 is 0. The third-order valence-electron chi connectivity index (χ3n) is 19.8. The Hall–Kier alpha value is -13.6. The summed E-state index contributed by atoms with van der Waals surface area (Å²) in [5, 5.41) is 15.4. The Labute approximate surface area is 573 Å². The Morgan fingerprint density at radius 1 is 0.180 bits per heavy atom. The summed E-state index contributed by atoms with van der Waals surface area (Å²) in [6.45, 7) is 0. The molecule has 21 aromatic rings. The molecular formula is C91H57N9. The minimum atomic E-state index is 0.576. The predicted molar refractivity (Wildman–Crippen MR) is 413 cm³/mol. The average molecular weight is 1280 g/mol. The smallest absolute Gasteiger partial charge is 0.238 e. The van der Waals surface area contributed by atoms with Crippen LogP contribution >= 0.6 is 0 Å². The summed E-state index contributed by atoms with van der Waals surface area (Å²) in [6.07, 6.45) is 0. The highest BCUT2D eigenvalue weighted by Gasteiger charge is 2.24. The van der Waals surface area contributed by atoms with Crippen LogP contribution in [0.5, 0.6) is 0 Å².